The van der Waals surface area contributed by atoms with Crippen LogP contribution in [0.3, 0.4) is 0 Å². The monoisotopic (exact) mass is 377 g/mol. The van der Waals surface area contributed by atoms with E-state index in [4.69, 9.17) is 4.74 Å². The molecule has 0 aliphatic carbocycles. The van der Waals surface area contributed by atoms with E-state index in [1.165, 1.54) is 0 Å². The summed E-state index contributed by atoms with van der Waals surface area (Å²) in [4.78, 5) is 36.5. The summed E-state index contributed by atoms with van der Waals surface area (Å²) in [7, 11) is 0. The molecule has 0 radical (unpaired) electrons. The first-order chi connectivity index (χ1) is 12.5. The predicted octanol–water partition coefficient (Wildman–Crippen LogP) is 3.19. The molecular formula is C21H31NO5. The van der Waals surface area contributed by atoms with E-state index in [2.05, 4.69) is 5.32 Å². The highest BCUT2D eigenvalue weighted by Crippen LogP contribution is 2.17. The van der Waals surface area contributed by atoms with Crippen molar-refractivity contribution in [1.82, 2.24) is 5.32 Å². The summed E-state index contributed by atoms with van der Waals surface area (Å²) < 4.78 is 5.34. The third kappa shape index (κ3) is 9.22. The Balaban J connectivity index is 2.92. The number of benzene rings is 1. The Hall–Kier alpha value is -2.37. The average Bonchev–Trinajstić information content (AvgIpc) is 2.52. The highest BCUT2D eigenvalue weighted by Gasteiger charge is 2.29. The van der Waals surface area contributed by atoms with Gasteiger partial charge in [0.25, 0.3) is 0 Å². The van der Waals surface area contributed by atoms with Crippen LogP contribution in [-0.4, -0.2) is 34.6 Å². The molecule has 1 unspecified atom stereocenters. The fourth-order valence-electron chi connectivity index (χ4n) is 2.72. The zero-order chi connectivity index (χ0) is 20.6. The minimum absolute atomic E-state index is 0.105. The number of esters is 1. The minimum atomic E-state index is -1.08. The molecule has 27 heavy (non-hydrogen) atoms. The van der Waals surface area contributed by atoms with E-state index in [9.17, 15) is 19.5 Å². The molecular weight excluding hydrogens is 346 g/mol. The Morgan fingerprint density at radius 3 is 2.19 bits per heavy atom. The molecule has 1 amide bonds. The molecule has 6 nitrogen and oxygen atoms in total. The summed E-state index contributed by atoms with van der Waals surface area (Å²) in [5.41, 5.74) is 0.253. The lowest BCUT2D eigenvalue weighted by Crippen LogP contribution is -2.45. The number of hydrogen-bond acceptors (Lipinski definition) is 4. The second-order valence-corrected chi connectivity index (χ2v) is 8.21. The van der Waals surface area contributed by atoms with Gasteiger partial charge in [0.1, 0.15) is 11.6 Å². The molecule has 0 bridgehead atoms. The number of carbonyl (C=O) groups excluding carboxylic acids is 2. The fourth-order valence-corrected chi connectivity index (χ4v) is 2.72. The van der Waals surface area contributed by atoms with Crippen LogP contribution in [0.25, 0.3) is 0 Å². The van der Waals surface area contributed by atoms with Gasteiger partial charge in [-0.3, -0.25) is 9.59 Å². The Labute approximate surface area is 161 Å². The Morgan fingerprint density at radius 2 is 1.70 bits per heavy atom. The van der Waals surface area contributed by atoms with Crippen LogP contribution in [0.15, 0.2) is 30.3 Å². The van der Waals surface area contributed by atoms with E-state index in [0.29, 0.717) is 12.8 Å². The van der Waals surface area contributed by atoms with Crippen LogP contribution in [0.5, 0.6) is 0 Å². The summed E-state index contributed by atoms with van der Waals surface area (Å²) >= 11 is 0. The van der Waals surface area contributed by atoms with Gasteiger partial charge in [0.05, 0.1) is 12.3 Å². The molecule has 150 valence electrons. The maximum absolute atomic E-state index is 12.8. The van der Waals surface area contributed by atoms with Crippen molar-refractivity contribution in [2.24, 2.45) is 11.8 Å². The summed E-state index contributed by atoms with van der Waals surface area (Å²) in [6.07, 6.45) is 0.553. The molecule has 2 N–H and O–H groups in total. The number of carboxylic acid groups (broad SMARTS) is 1. The van der Waals surface area contributed by atoms with E-state index < -0.39 is 35.4 Å². The minimum Gasteiger partial charge on any atom is -0.480 e. The summed E-state index contributed by atoms with van der Waals surface area (Å²) in [5.74, 6) is -2.58. The van der Waals surface area contributed by atoms with E-state index in [1.807, 2.05) is 44.2 Å². The molecule has 0 heterocycles. The third-order valence-electron chi connectivity index (χ3n) is 3.85. The van der Waals surface area contributed by atoms with E-state index in [1.54, 1.807) is 20.8 Å². The lowest BCUT2D eigenvalue weighted by atomic mass is 9.94. The van der Waals surface area contributed by atoms with Gasteiger partial charge in [0.2, 0.25) is 5.91 Å². The second-order valence-electron chi connectivity index (χ2n) is 8.21. The summed E-state index contributed by atoms with van der Waals surface area (Å²) in [5, 5.41) is 12.0. The highest BCUT2D eigenvalue weighted by atomic mass is 16.6. The number of amides is 1. The smallest absolute Gasteiger partial charge is 0.326 e. The van der Waals surface area contributed by atoms with Crippen LogP contribution in [0.2, 0.25) is 0 Å². The van der Waals surface area contributed by atoms with Gasteiger partial charge in [-0.2, -0.15) is 0 Å². The van der Waals surface area contributed by atoms with Gasteiger partial charge in [-0.25, -0.2) is 4.79 Å². The van der Waals surface area contributed by atoms with Crippen LogP contribution >= 0.6 is 0 Å². The molecule has 0 aliphatic rings. The van der Waals surface area contributed by atoms with E-state index in [0.717, 1.165) is 5.56 Å². The number of rotatable bonds is 9. The molecule has 1 aromatic rings. The van der Waals surface area contributed by atoms with Crippen molar-refractivity contribution in [2.45, 2.75) is 65.5 Å². The first-order valence-electron chi connectivity index (χ1n) is 9.27. The largest absolute Gasteiger partial charge is 0.480 e. The normalized spacial score (nSPS) is 13.7. The van der Waals surface area contributed by atoms with Crippen molar-refractivity contribution in [3.63, 3.8) is 0 Å². The second kappa shape index (κ2) is 10.1. The first kappa shape index (κ1) is 22.7. The zero-order valence-corrected chi connectivity index (χ0v) is 16.8. The van der Waals surface area contributed by atoms with Crippen LogP contribution in [0, 0.1) is 11.8 Å². The molecule has 1 rings (SSSR count). The van der Waals surface area contributed by atoms with Gasteiger partial charge < -0.3 is 15.2 Å². The molecule has 2 atom stereocenters. The van der Waals surface area contributed by atoms with E-state index in [-0.39, 0.29) is 12.3 Å². The molecule has 0 spiro atoms. The topological polar surface area (TPSA) is 92.7 Å². The maximum Gasteiger partial charge on any atom is 0.326 e. The molecule has 0 aromatic heterocycles. The van der Waals surface area contributed by atoms with Crippen molar-refractivity contribution in [2.75, 3.05) is 0 Å². The van der Waals surface area contributed by atoms with Crippen LogP contribution < -0.4 is 5.32 Å². The van der Waals surface area contributed by atoms with Gasteiger partial charge in [0.15, 0.2) is 0 Å². The predicted molar refractivity (Wildman–Crippen MR) is 103 cm³/mol. The van der Waals surface area contributed by atoms with Crippen molar-refractivity contribution in [3.8, 4) is 0 Å². The first-order valence-corrected chi connectivity index (χ1v) is 9.27. The van der Waals surface area contributed by atoms with Gasteiger partial charge in [-0.05, 0) is 45.1 Å². The number of hydrogen-bond donors (Lipinski definition) is 2. The number of carbonyl (C=O) groups is 3. The van der Waals surface area contributed by atoms with Crippen LogP contribution in [-0.2, 0) is 25.5 Å². The van der Waals surface area contributed by atoms with Crippen LogP contribution in [0.1, 0.15) is 53.0 Å². The summed E-state index contributed by atoms with van der Waals surface area (Å²) in [6, 6.07) is 8.35. The SMILES string of the molecule is CC(C)C[C@H](NC(=O)C(CC(=O)OC(C)(C)C)Cc1ccccc1)C(=O)O. The molecule has 0 saturated heterocycles. The Bertz CT molecular complexity index is 634. The highest BCUT2D eigenvalue weighted by molar-refractivity contribution is 5.87. The molecule has 6 heteroatoms. The number of nitrogens with one attached hydrogen (secondary N) is 1. The van der Waals surface area contributed by atoms with Crippen molar-refractivity contribution >= 4 is 17.8 Å². The molecule has 1 aromatic carbocycles. The van der Waals surface area contributed by atoms with Gasteiger partial charge in [-0.15, -0.1) is 0 Å². The fraction of sp³-hybridized carbons (Fsp3) is 0.571. The third-order valence-corrected chi connectivity index (χ3v) is 3.85. The Morgan fingerprint density at radius 1 is 1.11 bits per heavy atom. The average molecular weight is 377 g/mol. The number of ether oxygens (including phenoxy) is 1. The lowest BCUT2D eigenvalue weighted by molar-refractivity contribution is -0.157. The molecule has 0 fully saturated rings. The lowest BCUT2D eigenvalue weighted by Gasteiger charge is -2.24. The van der Waals surface area contributed by atoms with Gasteiger partial charge in [0, 0.05) is 0 Å². The standard InChI is InChI=1S/C21H31NO5/c1-14(2)11-17(20(25)26)22-19(24)16(12-15-9-7-6-8-10-15)13-18(23)27-21(3,4)5/h6-10,14,16-17H,11-13H2,1-5H3,(H,22,24)(H,25,26)/t16?,17-/m0/s1. The van der Waals surface area contributed by atoms with Gasteiger partial charge >= 0.3 is 11.9 Å². The van der Waals surface area contributed by atoms with Crippen LogP contribution in [0.4, 0.5) is 0 Å². The quantitative estimate of drug-likeness (QED) is 0.645. The summed E-state index contributed by atoms with van der Waals surface area (Å²) in [6.45, 7) is 9.08. The molecule has 0 saturated carbocycles. The Kier molecular flexibility index (Phi) is 8.47. The van der Waals surface area contributed by atoms with Crippen molar-refractivity contribution in [1.29, 1.82) is 0 Å². The number of aliphatic carboxylic acids is 1. The van der Waals surface area contributed by atoms with Crippen molar-refractivity contribution < 1.29 is 24.2 Å². The van der Waals surface area contributed by atoms with E-state index >= 15 is 0 Å². The molecule has 0 aliphatic heterocycles. The maximum atomic E-state index is 12.8. The zero-order valence-electron chi connectivity index (χ0n) is 16.8. The van der Waals surface area contributed by atoms with Crippen molar-refractivity contribution in [3.05, 3.63) is 35.9 Å². The number of carboxylic acids is 1. The van der Waals surface area contributed by atoms with Gasteiger partial charge in [-0.1, -0.05) is 44.2 Å².